The smallest absolute Gasteiger partial charge is 0.0340 e. The maximum atomic E-state index is 4.01. The number of hydrogen-bond donors (Lipinski definition) is 0. The molecular weight excluding hydrogens is 146 g/mol. The molecule has 0 unspecified atom stereocenters. The molecule has 12 heavy (non-hydrogen) atoms. The maximum Gasteiger partial charge on any atom is 0.0340 e. The summed E-state index contributed by atoms with van der Waals surface area (Å²) in [5.74, 6) is 0. The molecule has 0 saturated carbocycles. The van der Waals surface area contributed by atoms with Gasteiger partial charge in [0.05, 0.1) is 0 Å². The highest BCUT2D eigenvalue weighted by molar-refractivity contribution is 5.49. The second-order valence-electron chi connectivity index (χ2n) is 2.48. The largest absolute Gasteiger partial charge is 0.264 e. The van der Waals surface area contributed by atoms with Gasteiger partial charge in [0.2, 0.25) is 0 Å². The van der Waals surface area contributed by atoms with Gasteiger partial charge in [-0.1, -0.05) is 37.3 Å². The molecule has 0 fully saturated rings. The second-order valence-corrected chi connectivity index (χ2v) is 2.48. The fraction of sp³-hybridized carbons (Fsp3) is 0.182. The van der Waals surface area contributed by atoms with Crippen molar-refractivity contribution in [2.45, 2.75) is 13.3 Å². The zero-order chi connectivity index (χ0) is 8.65. The van der Waals surface area contributed by atoms with Crippen LogP contribution in [0.1, 0.15) is 18.9 Å². The van der Waals surface area contributed by atoms with Gasteiger partial charge in [0.25, 0.3) is 0 Å². The van der Waals surface area contributed by atoms with Crippen LogP contribution in [0.4, 0.5) is 0 Å². The minimum Gasteiger partial charge on any atom is -0.264 e. The minimum atomic E-state index is 1.08. The van der Waals surface area contributed by atoms with E-state index in [1.54, 1.807) is 6.20 Å². The van der Waals surface area contributed by atoms with Crippen molar-refractivity contribution in [3.8, 4) is 0 Å². The Labute approximate surface area is 73.5 Å². The molecule has 0 bridgehead atoms. The van der Waals surface area contributed by atoms with E-state index in [0.29, 0.717) is 0 Å². The van der Waals surface area contributed by atoms with E-state index in [1.807, 2.05) is 36.6 Å². The molecule has 1 aromatic rings. The molecule has 0 aliphatic rings. The molecule has 0 aromatic carbocycles. The van der Waals surface area contributed by atoms with Crippen LogP contribution in [0.5, 0.6) is 0 Å². The van der Waals surface area contributed by atoms with Gasteiger partial charge in [-0.15, -0.1) is 0 Å². The third-order valence-corrected chi connectivity index (χ3v) is 1.46. The van der Waals surface area contributed by atoms with Crippen LogP contribution in [-0.2, 0) is 0 Å². The van der Waals surface area contributed by atoms with E-state index in [1.165, 1.54) is 0 Å². The predicted molar refractivity (Wildman–Crippen MR) is 52.7 cm³/mol. The lowest BCUT2D eigenvalue weighted by Crippen LogP contribution is -1.71. The topological polar surface area (TPSA) is 12.9 Å². The second kappa shape index (κ2) is 5.30. The van der Waals surface area contributed by atoms with Crippen LogP contribution in [0.2, 0.25) is 0 Å². The van der Waals surface area contributed by atoms with Crippen LogP contribution < -0.4 is 0 Å². The van der Waals surface area contributed by atoms with Gasteiger partial charge >= 0.3 is 0 Å². The highest BCUT2D eigenvalue weighted by Gasteiger charge is 1.79. The first-order valence-electron chi connectivity index (χ1n) is 4.16. The van der Waals surface area contributed by atoms with Gasteiger partial charge in [0.1, 0.15) is 0 Å². The van der Waals surface area contributed by atoms with Crippen molar-refractivity contribution in [2.75, 3.05) is 0 Å². The first-order chi connectivity index (χ1) is 5.93. The van der Waals surface area contributed by atoms with E-state index in [4.69, 9.17) is 0 Å². The highest BCUT2D eigenvalue weighted by atomic mass is 14.6. The lowest BCUT2D eigenvalue weighted by atomic mass is 10.2. The Hall–Kier alpha value is -1.37. The van der Waals surface area contributed by atoms with Crippen molar-refractivity contribution < 1.29 is 0 Å². The monoisotopic (exact) mass is 159 g/mol. The summed E-state index contributed by atoms with van der Waals surface area (Å²) < 4.78 is 0. The zero-order valence-electron chi connectivity index (χ0n) is 7.27. The third kappa shape index (κ3) is 3.15. The molecule has 62 valence electrons. The van der Waals surface area contributed by atoms with Crippen molar-refractivity contribution in [2.24, 2.45) is 0 Å². The van der Waals surface area contributed by atoms with Crippen molar-refractivity contribution in [1.29, 1.82) is 0 Å². The van der Waals surface area contributed by atoms with E-state index >= 15 is 0 Å². The van der Waals surface area contributed by atoms with Gasteiger partial charge in [-0.3, -0.25) is 4.98 Å². The van der Waals surface area contributed by atoms with E-state index in [-0.39, 0.29) is 0 Å². The predicted octanol–water partition coefficient (Wildman–Crippen LogP) is 3.06. The number of hydrogen-bond acceptors (Lipinski definition) is 1. The average Bonchev–Trinajstić information content (AvgIpc) is 2.14. The fourth-order valence-corrected chi connectivity index (χ4v) is 0.856. The van der Waals surface area contributed by atoms with Crippen LogP contribution in [-0.4, -0.2) is 4.98 Å². The van der Waals surface area contributed by atoms with E-state index in [9.17, 15) is 0 Å². The Balaban J connectivity index is 2.52. The minimum absolute atomic E-state index is 1.08. The van der Waals surface area contributed by atoms with Crippen LogP contribution in [0.3, 0.4) is 0 Å². The Kier molecular flexibility index (Phi) is 3.86. The maximum absolute atomic E-state index is 4.01. The number of allylic oxidation sites excluding steroid dienone is 3. The molecule has 0 radical (unpaired) electrons. The number of pyridine rings is 1. The standard InChI is InChI=1S/C11H13N/c1-2-3-4-5-7-11-8-6-9-12-10-11/h3-10H,2H2,1H3/b4-3+,7-5-. The van der Waals surface area contributed by atoms with Gasteiger partial charge in [-0.25, -0.2) is 0 Å². The molecule has 0 aliphatic carbocycles. The molecule has 0 saturated heterocycles. The normalized spacial score (nSPS) is 11.4. The van der Waals surface area contributed by atoms with Crippen molar-refractivity contribution in [1.82, 2.24) is 4.98 Å². The van der Waals surface area contributed by atoms with Crippen LogP contribution >= 0.6 is 0 Å². The first kappa shape index (κ1) is 8.72. The third-order valence-electron chi connectivity index (χ3n) is 1.46. The molecule has 0 N–H and O–H groups in total. The molecule has 0 aliphatic heterocycles. The lowest BCUT2D eigenvalue weighted by molar-refractivity contribution is 1.22. The number of rotatable bonds is 3. The summed E-state index contributed by atoms with van der Waals surface area (Å²) in [6, 6.07) is 3.96. The van der Waals surface area contributed by atoms with Crippen molar-refractivity contribution in [3.63, 3.8) is 0 Å². The summed E-state index contributed by atoms with van der Waals surface area (Å²) >= 11 is 0. The molecule has 0 atom stereocenters. The quantitative estimate of drug-likeness (QED) is 0.618. The Morgan fingerprint density at radius 2 is 2.33 bits per heavy atom. The van der Waals surface area contributed by atoms with Crippen LogP contribution in [0, 0.1) is 0 Å². The summed E-state index contributed by atoms with van der Waals surface area (Å²) in [5.41, 5.74) is 1.14. The van der Waals surface area contributed by atoms with E-state index < -0.39 is 0 Å². The summed E-state index contributed by atoms with van der Waals surface area (Å²) in [5, 5.41) is 0. The van der Waals surface area contributed by atoms with Gasteiger partial charge in [-0.2, -0.15) is 0 Å². The molecule has 0 amide bonds. The Morgan fingerprint density at radius 1 is 1.42 bits per heavy atom. The molecule has 1 aromatic heterocycles. The molecule has 1 nitrogen and oxygen atoms in total. The molecule has 1 rings (SSSR count). The molecular formula is C11H13N. The fourth-order valence-electron chi connectivity index (χ4n) is 0.856. The van der Waals surface area contributed by atoms with Gasteiger partial charge < -0.3 is 0 Å². The Morgan fingerprint density at radius 3 is 3.00 bits per heavy atom. The lowest BCUT2D eigenvalue weighted by Gasteiger charge is -1.87. The van der Waals surface area contributed by atoms with Crippen molar-refractivity contribution in [3.05, 3.63) is 48.3 Å². The SMILES string of the molecule is CC/C=C/C=C\c1cccnc1. The summed E-state index contributed by atoms with van der Waals surface area (Å²) in [4.78, 5) is 4.01. The highest BCUT2D eigenvalue weighted by Crippen LogP contribution is 1.98. The summed E-state index contributed by atoms with van der Waals surface area (Å²) in [6.07, 6.45) is 12.9. The van der Waals surface area contributed by atoms with E-state index in [2.05, 4.69) is 18.0 Å². The van der Waals surface area contributed by atoms with Gasteiger partial charge in [0.15, 0.2) is 0 Å². The van der Waals surface area contributed by atoms with Crippen molar-refractivity contribution >= 4 is 6.08 Å². The zero-order valence-corrected chi connectivity index (χ0v) is 7.27. The van der Waals surface area contributed by atoms with E-state index in [0.717, 1.165) is 12.0 Å². The first-order valence-corrected chi connectivity index (χ1v) is 4.16. The van der Waals surface area contributed by atoms with Crippen LogP contribution in [0.15, 0.2) is 42.8 Å². The molecule has 1 heterocycles. The van der Waals surface area contributed by atoms with Gasteiger partial charge in [0, 0.05) is 12.4 Å². The van der Waals surface area contributed by atoms with Crippen LogP contribution in [0.25, 0.3) is 6.08 Å². The summed E-state index contributed by atoms with van der Waals surface area (Å²) in [7, 11) is 0. The van der Waals surface area contributed by atoms with Gasteiger partial charge in [-0.05, 0) is 18.1 Å². The number of nitrogens with zero attached hydrogens (tertiary/aromatic N) is 1. The summed E-state index contributed by atoms with van der Waals surface area (Å²) in [6.45, 7) is 2.12. The average molecular weight is 159 g/mol. The number of aromatic nitrogens is 1. The molecule has 1 heteroatoms. The Bertz CT molecular complexity index is 260. The molecule has 0 spiro atoms.